The van der Waals surface area contributed by atoms with Crippen LogP contribution in [-0.2, 0) is 0 Å². The molecule has 2 heterocycles. The van der Waals surface area contributed by atoms with Gasteiger partial charge in [-0.25, -0.2) is 15.0 Å². The van der Waals surface area contributed by atoms with Crippen molar-refractivity contribution in [2.75, 3.05) is 32.8 Å². The molecule has 2 N–H and O–H groups in total. The third kappa shape index (κ3) is 6.48. The Balaban J connectivity index is 1.45. The number of aliphatic imine (C=N–C) groups is 2. The van der Waals surface area contributed by atoms with E-state index < -0.39 is 0 Å². The SMILES string of the molecule is CCN(C=NC(N)=Nc1ccc(OCCN2CCCCC2)nc1)C1CCCC1. The highest BCUT2D eigenvalue weighted by atomic mass is 16.5. The molecule has 0 bridgehead atoms. The number of ether oxygens (including phenoxy) is 1. The monoisotopic (exact) mass is 386 g/mol. The Bertz CT molecular complexity index is 633. The molecule has 1 aromatic heterocycles. The molecule has 0 amide bonds. The first-order chi connectivity index (χ1) is 13.7. The molecule has 1 aliphatic heterocycles. The maximum atomic E-state index is 5.97. The topological polar surface area (TPSA) is 79.3 Å². The zero-order valence-electron chi connectivity index (χ0n) is 17.1. The molecule has 0 aromatic carbocycles. The normalized spacial score (nSPS) is 19.4. The summed E-state index contributed by atoms with van der Waals surface area (Å²) in [5, 5.41) is 0. The summed E-state index contributed by atoms with van der Waals surface area (Å²) in [6.07, 6.45) is 12.5. The second kappa shape index (κ2) is 11.0. The van der Waals surface area contributed by atoms with Crippen molar-refractivity contribution >= 4 is 18.0 Å². The van der Waals surface area contributed by atoms with Gasteiger partial charge < -0.3 is 15.4 Å². The van der Waals surface area contributed by atoms with E-state index in [1.54, 1.807) is 6.20 Å². The van der Waals surface area contributed by atoms with Gasteiger partial charge in [0.25, 0.3) is 0 Å². The highest BCUT2D eigenvalue weighted by Gasteiger charge is 2.19. The summed E-state index contributed by atoms with van der Waals surface area (Å²) in [4.78, 5) is 17.7. The fourth-order valence-corrected chi connectivity index (χ4v) is 3.95. The number of hydrogen-bond donors (Lipinski definition) is 1. The van der Waals surface area contributed by atoms with Crippen LogP contribution in [0.4, 0.5) is 5.69 Å². The van der Waals surface area contributed by atoms with Crippen molar-refractivity contribution in [2.45, 2.75) is 57.9 Å². The van der Waals surface area contributed by atoms with Crippen molar-refractivity contribution in [1.82, 2.24) is 14.8 Å². The third-order valence-corrected chi connectivity index (χ3v) is 5.57. The van der Waals surface area contributed by atoms with Crippen LogP contribution in [0.3, 0.4) is 0 Å². The molecular formula is C21H34N6O. The van der Waals surface area contributed by atoms with Crippen LogP contribution in [0, 0.1) is 0 Å². The fourth-order valence-electron chi connectivity index (χ4n) is 3.95. The average Bonchev–Trinajstić information content (AvgIpc) is 3.25. The summed E-state index contributed by atoms with van der Waals surface area (Å²) in [6.45, 7) is 7.06. The standard InChI is InChI=1S/C21H34N6O/c1-2-27(19-8-4-5-9-19)17-24-21(22)25-18-10-11-20(23-16-18)28-15-14-26-12-6-3-7-13-26/h10-11,16-17,19H,2-9,12-15H2,1H3,(H2,22,25). The molecule has 7 heteroatoms. The zero-order chi connectivity index (χ0) is 19.6. The lowest BCUT2D eigenvalue weighted by Crippen LogP contribution is -2.33. The van der Waals surface area contributed by atoms with Crippen molar-refractivity contribution in [3.05, 3.63) is 18.3 Å². The molecule has 154 valence electrons. The number of aromatic nitrogens is 1. The molecule has 7 nitrogen and oxygen atoms in total. The van der Waals surface area contributed by atoms with E-state index in [1.807, 2.05) is 18.5 Å². The molecule has 1 saturated carbocycles. The van der Waals surface area contributed by atoms with E-state index in [0.717, 1.165) is 13.1 Å². The van der Waals surface area contributed by atoms with Crippen molar-refractivity contribution in [1.29, 1.82) is 0 Å². The summed E-state index contributed by atoms with van der Waals surface area (Å²) < 4.78 is 5.75. The van der Waals surface area contributed by atoms with Crippen LogP contribution in [0.25, 0.3) is 0 Å². The summed E-state index contributed by atoms with van der Waals surface area (Å²) >= 11 is 0. The number of nitrogens with two attached hydrogens (primary N) is 1. The Morgan fingerprint density at radius 1 is 1.25 bits per heavy atom. The number of pyridine rings is 1. The Labute approximate surface area is 168 Å². The second-order valence-corrected chi connectivity index (χ2v) is 7.59. The van der Waals surface area contributed by atoms with E-state index in [1.165, 1.54) is 58.0 Å². The number of rotatable bonds is 8. The highest BCUT2D eigenvalue weighted by Crippen LogP contribution is 2.22. The molecular weight excluding hydrogens is 352 g/mol. The minimum Gasteiger partial charge on any atom is -0.476 e. The molecule has 0 unspecified atom stereocenters. The number of nitrogens with zero attached hydrogens (tertiary/aromatic N) is 5. The van der Waals surface area contributed by atoms with Crippen LogP contribution in [0.1, 0.15) is 51.9 Å². The quantitative estimate of drug-likeness (QED) is 0.548. The minimum atomic E-state index is 0.247. The van der Waals surface area contributed by atoms with Crippen molar-refractivity contribution in [3.8, 4) is 5.88 Å². The minimum absolute atomic E-state index is 0.247. The van der Waals surface area contributed by atoms with Crippen molar-refractivity contribution in [3.63, 3.8) is 0 Å². The second-order valence-electron chi connectivity index (χ2n) is 7.59. The van der Waals surface area contributed by atoms with Gasteiger partial charge in [0, 0.05) is 25.2 Å². The molecule has 1 aliphatic carbocycles. The van der Waals surface area contributed by atoms with E-state index in [9.17, 15) is 0 Å². The third-order valence-electron chi connectivity index (χ3n) is 5.57. The average molecular weight is 387 g/mol. The molecule has 2 fully saturated rings. The molecule has 0 radical (unpaired) electrons. The largest absolute Gasteiger partial charge is 0.476 e. The number of likely N-dealkylation sites (tertiary alicyclic amines) is 1. The molecule has 0 spiro atoms. The Kier molecular flexibility index (Phi) is 8.08. The Hall–Kier alpha value is -2.15. The molecule has 28 heavy (non-hydrogen) atoms. The summed E-state index contributed by atoms with van der Waals surface area (Å²) in [5.74, 6) is 0.869. The predicted molar refractivity (Wildman–Crippen MR) is 114 cm³/mol. The Morgan fingerprint density at radius 2 is 2.04 bits per heavy atom. The molecule has 0 atom stereocenters. The van der Waals surface area contributed by atoms with Crippen LogP contribution in [-0.4, -0.2) is 65.9 Å². The van der Waals surface area contributed by atoms with Gasteiger partial charge in [-0.3, -0.25) is 4.90 Å². The first kappa shape index (κ1) is 20.6. The van der Waals surface area contributed by atoms with Gasteiger partial charge in [0.1, 0.15) is 6.61 Å². The van der Waals surface area contributed by atoms with E-state index in [2.05, 4.69) is 31.7 Å². The van der Waals surface area contributed by atoms with E-state index >= 15 is 0 Å². The lowest BCUT2D eigenvalue weighted by molar-refractivity contribution is 0.180. The van der Waals surface area contributed by atoms with Gasteiger partial charge in [-0.1, -0.05) is 19.3 Å². The van der Waals surface area contributed by atoms with Crippen LogP contribution in [0.2, 0.25) is 0 Å². The van der Waals surface area contributed by atoms with E-state index in [0.29, 0.717) is 24.2 Å². The lowest BCUT2D eigenvalue weighted by atomic mass is 10.1. The molecule has 1 aromatic rings. The zero-order valence-corrected chi connectivity index (χ0v) is 17.1. The van der Waals surface area contributed by atoms with Gasteiger partial charge in [-0.05, 0) is 51.8 Å². The Morgan fingerprint density at radius 3 is 2.71 bits per heavy atom. The van der Waals surface area contributed by atoms with Gasteiger partial charge in [0.15, 0.2) is 0 Å². The van der Waals surface area contributed by atoms with Gasteiger partial charge in [0.2, 0.25) is 11.8 Å². The molecule has 3 rings (SSSR count). The maximum absolute atomic E-state index is 5.97. The van der Waals surface area contributed by atoms with Crippen molar-refractivity contribution in [2.24, 2.45) is 15.7 Å². The molecule has 1 saturated heterocycles. The fraction of sp³-hybridized carbons (Fsp3) is 0.667. The van der Waals surface area contributed by atoms with Gasteiger partial charge in [-0.15, -0.1) is 0 Å². The van der Waals surface area contributed by atoms with Gasteiger partial charge in [-0.2, -0.15) is 0 Å². The lowest BCUT2D eigenvalue weighted by Gasteiger charge is -2.25. The van der Waals surface area contributed by atoms with Crippen LogP contribution >= 0.6 is 0 Å². The highest BCUT2D eigenvalue weighted by molar-refractivity contribution is 5.87. The van der Waals surface area contributed by atoms with E-state index in [-0.39, 0.29) is 5.96 Å². The smallest absolute Gasteiger partial charge is 0.222 e. The van der Waals surface area contributed by atoms with Crippen molar-refractivity contribution < 1.29 is 4.74 Å². The summed E-state index contributed by atoms with van der Waals surface area (Å²) in [5.41, 5.74) is 6.65. The number of hydrogen-bond acceptors (Lipinski definition) is 4. The van der Waals surface area contributed by atoms with Crippen LogP contribution in [0.15, 0.2) is 28.3 Å². The predicted octanol–water partition coefficient (Wildman–Crippen LogP) is 3.19. The van der Waals surface area contributed by atoms with Crippen LogP contribution in [0.5, 0.6) is 5.88 Å². The number of guanidine groups is 1. The maximum Gasteiger partial charge on any atom is 0.222 e. The van der Waals surface area contributed by atoms with Gasteiger partial charge in [0.05, 0.1) is 18.2 Å². The first-order valence-corrected chi connectivity index (χ1v) is 10.7. The van der Waals surface area contributed by atoms with E-state index in [4.69, 9.17) is 10.5 Å². The molecule has 2 aliphatic rings. The first-order valence-electron chi connectivity index (χ1n) is 10.7. The van der Waals surface area contributed by atoms with Gasteiger partial charge >= 0.3 is 0 Å². The van der Waals surface area contributed by atoms with Crippen LogP contribution < -0.4 is 10.5 Å². The summed E-state index contributed by atoms with van der Waals surface area (Å²) in [7, 11) is 0. The summed E-state index contributed by atoms with van der Waals surface area (Å²) in [6, 6.07) is 4.29. The number of piperidine rings is 1.